The van der Waals surface area contributed by atoms with E-state index in [0.29, 0.717) is 43.5 Å². The van der Waals surface area contributed by atoms with Crippen molar-refractivity contribution in [2.24, 2.45) is 5.16 Å². The molecule has 6 heteroatoms. The number of oxime groups is 1. The van der Waals surface area contributed by atoms with E-state index >= 15 is 0 Å². The van der Waals surface area contributed by atoms with Gasteiger partial charge in [0.05, 0.1) is 14.0 Å². The molecule has 0 bridgehead atoms. The predicted octanol–water partition coefficient (Wildman–Crippen LogP) is 7.46. The molecule has 0 atom stereocenters. The molecule has 1 aliphatic heterocycles. The van der Waals surface area contributed by atoms with E-state index in [-0.39, 0.29) is 17.0 Å². The number of rotatable bonds is 8. The maximum absolute atomic E-state index is 14.0. The van der Waals surface area contributed by atoms with Crippen LogP contribution in [0.5, 0.6) is 0 Å². The van der Waals surface area contributed by atoms with Crippen LogP contribution >= 0.6 is 0 Å². The van der Waals surface area contributed by atoms with Crippen molar-refractivity contribution in [3.63, 3.8) is 0 Å². The molecule has 1 heterocycles. The second-order valence-electron chi connectivity index (χ2n) is 8.95. The molecule has 0 radical (unpaired) electrons. The summed E-state index contributed by atoms with van der Waals surface area (Å²) in [5, 5.41) is 3.64. The number of aryl methyl sites for hydroxylation is 1. The zero-order valence-electron chi connectivity index (χ0n) is 26.3. The number of nitrogens with zero attached hydrogens (tertiary/aromatic N) is 2. The zero-order chi connectivity index (χ0) is 30.2. The Bertz CT molecular complexity index is 1270. The normalized spacial score (nSPS) is 22.4. The third kappa shape index (κ3) is 6.01. The summed E-state index contributed by atoms with van der Waals surface area (Å²) in [6.45, 7) is -4.41. The molecule has 2 fully saturated rings. The van der Waals surface area contributed by atoms with E-state index in [2.05, 4.69) is 5.16 Å². The van der Waals surface area contributed by atoms with Crippen LogP contribution < -0.4 is 0 Å². The van der Waals surface area contributed by atoms with Crippen molar-refractivity contribution < 1.29 is 27.6 Å². The third-order valence-corrected chi connectivity index (χ3v) is 6.60. The van der Waals surface area contributed by atoms with E-state index in [1.807, 2.05) is 6.92 Å². The van der Waals surface area contributed by atoms with Crippen LogP contribution in [0, 0.1) is 0 Å². The molecule has 2 aliphatic rings. The van der Waals surface area contributed by atoms with Gasteiger partial charge in [-0.25, -0.2) is 0 Å². The third-order valence-electron chi connectivity index (χ3n) is 6.60. The largest absolute Gasteiger partial charge is 0.416 e. The second-order valence-corrected chi connectivity index (χ2v) is 8.95. The van der Waals surface area contributed by atoms with Crippen molar-refractivity contribution in [1.82, 2.24) is 4.90 Å². The Labute approximate surface area is 210 Å². The lowest BCUT2D eigenvalue weighted by Crippen LogP contribution is -2.36. The fourth-order valence-corrected chi connectivity index (χ4v) is 4.55. The highest BCUT2D eigenvalue weighted by atomic mass is 19.4. The van der Waals surface area contributed by atoms with Gasteiger partial charge in [0.15, 0.2) is 0 Å². The van der Waals surface area contributed by atoms with E-state index in [4.69, 9.17) is 14.4 Å². The van der Waals surface area contributed by atoms with E-state index < -0.39 is 42.9 Å². The van der Waals surface area contributed by atoms with Crippen molar-refractivity contribution in [1.29, 1.82) is 0 Å². The average molecular weight is 480 g/mol. The molecule has 2 aromatic carbocycles. The molecule has 0 N–H and O–H groups in total. The van der Waals surface area contributed by atoms with Crippen molar-refractivity contribution >= 4 is 5.71 Å². The van der Waals surface area contributed by atoms with E-state index in [1.54, 1.807) is 4.90 Å². The minimum Gasteiger partial charge on any atom is -0.391 e. The Morgan fingerprint density at radius 3 is 2.53 bits per heavy atom. The summed E-state index contributed by atoms with van der Waals surface area (Å²) in [4.78, 5) is 6.75. The zero-order valence-corrected chi connectivity index (χ0v) is 19.3. The molecule has 3 nitrogen and oxygen atoms in total. The highest BCUT2D eigenvalue weighted by molar-refractivity contribution is 5.98. The van der Waals surface area contributed by atoms with Crippen molar-refractivity contribution in [2.45, 2.75) is 83.9 Å². The number of hydrogen-bond acceptors (Lipinski definition) is 3. The summed E-state index contributed by atoms with van der Waals surface area (Å²) < 4.78 is 99.8. The summed E-state index contributed by atoms with van der Waals surface area (Å²) >= 11 is 0. The van der Waals surface area contributed by atoms with Crippen LogP contribution in [0.25, 0.3) is 0 Å². The van der Waals surface area contributed by atoms with E-state index in [9.17, 15) is 13.2 Å². The van der Waals surface area contributed by atoms with Gasteiger partial charge in [0.2, 0.25) is 0 Å². The van der Waals surface area contributed by atoms with Crippen molar-refractivity contribution in [2.75, 3.05) is 13.1 Å². The maximum atomic E-state index is 14.0. The van der Waals surface area contributed by atoms with Crippen LogP contribution in [0.1, 0.15) is 101 Å². The van der Waals surface area contributed by atoms with Gasteiger partial charge in [0, 0.05) is 13.4 Å². The topological polar surface area (TPSA) is 24.8 Å². The van der Waals surface area contributed by atoms with Crippen LogP contribution in [0.15, 0.2) is 41.6 Å². The standard InChI is InChI=1S/C28H35F3N2O/c1-3-22-17-24(11-12-25(22)18-33-14-7-15-33)20(2)32-34-19-21-10-13-26(23-8-5-4-6-9-23)27(16-21)28(29,30)31/h10-13,16-17,23H,3-9,14-15,18-19H2,1-2H3/b32-20+/i2D3,18D2,19D2. The maximum Gasteiger partial charge on any atom is 0.416 e. The van der Waals surface area contributed by atoms with E-state index in [0.717, 1.165) is 31.7 Å². The van der Waals surface area contributed by atoms with Gasteiger partial charge in [-0.2, -0.15) is 13.2 Å². The fraction of sp³-hybridized carbons (Fsp3) is 0.536. The van der Waals surface area contributed by atoms with Gasteiger partial charge >= 0.3 is 6.18 Å². The number of hydrogen-bond donors (Lipinski definition) is 0. The first-order valence-corrected chi connectivity index (χ1v) is 11.9. The van der Waals surface area contributed by atoms with Gasteiger partial charge < -0.3 is 4.84 Å². The van der Waals surface area contributed by atoms with Gasteiger partial charge in [-0.15, -0.1) is 0 Å². The van der Waals surface area contributed by atoms with E-state index in [1.165, 1.54) is 30.3 Å². The number of alkyl halides is 3. The minimum atomic E-state index is -4.70. The molecule has 34 heavy (non-hydrogen) atoms. The summed E-state index contributed by atoms with van der Waals surface area (Å²) in [6, 6.07) is 7.67. The van der Waals surface area contributed by atoms with Gasteiger partial charge in [-0.1, -0.05) is 55.6 Å². The molecule has 1 aliphatic carbocycles. The monoisotopic (exact) mass is 479 g/mol. The average Bonchev–Trinajstić information content (AvgIpc) is 2.86. The quantitative estimate of drug-likeness (QED) is 0.290. The van der Waals surface area contributed by atoms with Crippen LogP contribution in [-0.4, -0.2) is 23.7 Å². The SMILES string of the molecule is [2H]C([2H])([2H])/C(=N\OC([2H])([2H])c1ccc(C2CCCCC2)c(C(F)(F)F)c1)c1ccc(C([2H])([2H])N2CCC2)c(CC)c1. The lowest BCUT2D eigenvalue weighted by molar-refractivity contribution is -0.138. The van der Waals surface area contributed by atoms with Gasteiger partial charge in [0.25, 0.3) is 0 Å². The van der Waals surface area contributed by atoms with Gasteiger partial charge in [-0.3, -0.25) is 4.90 Å². The molecule has 4 rings (SSSR count). The van der Waals surface area contributed by atoms with Gasteiger partial charge in [0.1, 0.15) is 6.56 Å². The second kappa shape index (κ2) is 10.9. The van der Waals surface area contributed by atoms with Crippen LogP contribution in [0.3, 0.4) is 0 Å². The first-order chi connectivity index (χ1) is 19.1. The van der Waals surface area contributed by atoms with Crippen LogP contribution in [0.2, 0.25) is 0 Å². The van der Waals surface area contributed by atoms with Gasteiger partial charge in [-0.05, 0) is 91.5 Å². The Morgan fingerprint density at radius 2 is 1.88 bits per heavy atom. The Kier molecular flexibility index (Phi) is 5.52. The molecule has 1 saturated heterocycles. The predicted molar refractivity (Wildman–Crippen MR) is 130 cm³/mol. The minimum absolute atomic E-state index is 0.0874. The number of likely N-dealkylation sites (tertiary alicyclic amines) is 1. The Balaban J connectivity index is 1.67. The molecule has 1 saturated carbocycles. The molecule has 0 spiro atoms. The summed E-state index contributed by atoms with van der Waals surface area (Å²) in [6.07, 6.45) is 0.511. The lowest BCUT2D eigenvalue weighted by Gasteiger charge is -2.31. The summed E-state index contributed by atoms with van der Waals surface area (Å²) in [7, 11) is 0. The molecule has 2 aromatic rings. The number of halogens is 3. The molecule has 184 valence electrons. The Hall–Kier alpha value is -2.34. The smallest absolute Gasteiger partial charge is 0.391 e. The summed E-state index contributed by atoms with van der Waals surface area (Å²) in [5.74, 6) is -0.260. The van der Waals surface area contributed by atoms with Crippen molar-refractivity contribution in [3.8, 4) is 0 Å². The lowest BCUT2D eigenvalue weighted by atomic mass is 9.81. The molecule has 0 aromatic heterocycles. The highest BCUT2D eigenvalue weighted by Crippen LogP contribution is 2.41. The molecule has 0 unspecified atom stereocenters. The Morgan fingerprint density at radius 1 is 1.09 bits per heavy atom. The number of benzene rings is 2. The van der Waals surface area contributed by atoms with Crippen molar-refractivity contribution in [3.05, 3.63) is 69.8 Å². The fourth-order valence-electron chi connectivity index (χ4n) is 4.55. The molecular formula is C28H35F3N2O. The first-order valence-electron chi connectivity index (χ1n) is 15.4. The highest BCUT2D eigenvalue weighted by Gasteiger charge is 2.35. The first kappa shape index (κ1) is 17.1. The van der Waals surface area contributed by atoms with Crippen LogP contribution in [0.4, 0.5) is 13.2 Å². The summed E-state index contributed by atoms with van der Waals surface area (Å²) in [5.41, 5.74) is -0.741. The van der Waals surface area contributed by atoms with Crippen LogP contribution in [-0.2, 0) is 30.5 Å². The molecular weight excluding hydrogens is 437 g/mol. The molecule has 0 amide bonds.